The monoisotopic (exact) mass is 205 g/mol. The lowest BCUT2D eigenvalue weighted by atomic mass is 9.99. The number of aromatic nitrogens is 2. The largest absolute Gasteiger partial charge is 0.383 e. The molecular formula is C11H15N3O. The quantitative estimate of drug-likeness (QED) is 0.760. The van der Waals surface area contributed by atoms with Gasteiger partial charge in [0.05, 0.1) is 11.2 Å². The number of hydrogen-bond acceptors (Lipinski definition) is 3. The van der Waals surface area contributed by atoms with Crippen LogP contribution in [0.3, 0.4) is 0 Å². The van der Waals surface area contributed by atoms with Crippen LogP contribution in [0.25, 0.3) is 10.9 Å². The minimum atomic E-state index is -1.04. The van der Waals surface area contributed by atoms with Gasteiger partial charge in [-0.15, -0.1) is 0 Å². The van der Waals surface area contributed by atoms with E-state index >= 15 is 0 Å². The zero-order chi connectivity index (χ0) is 11.1. The van der Waals surface area contributed by atoms with Crippen molar-refractivity contribution >= 4 is 10.9 Å². The predicted octanol–water partition coefficient (Wildman–Crippen LogP) is 0.740. The number of aryl methyl sites for hydroxylation is 1. The van der Waals surface area contributed by atoms with Gasteiger partial charge in [-0.2, -0.15) is 5.10 Å². The highest BCUT2D eigenvalue weighted by molar-refractivity contribution is 5.82. The zero-order valence-electron chi connectivity index (χ0n) is 8.94. The molecule has 0 fully saturated rings. The maximum Gasteiger partial charge on any atom is 0.116 e. The average molecular weight is 205 g/mol. The van der Waals surface area contributed by atoms with E-state index in [1.807, 2.05) is 31.3 Å². The van der Waals surface area contributed by atoms with E-state index in [2.05, 4.69) is 5.10 Å². The molecule has 3 N–H and O–H groups in total. The Balaban J connectivity index is 2.74. The molecule has 2 rings (SSSR count). The first kappa shape index (κ1) is 10.1. The summed E-state index contributed by atoms with van der Waals surface area (Å²) in [4.78, 5) is 0. The normalized spacial score (nSPS) is 15.5. The van der Waals surface area contributed by atoms with Gasteiger partial charge in [-0.25, -0.2) is 0 Å². The molecule has 0 saturated heterocycles. The fourth-order valence-corrected chi connectivity index (χ4v) is 1.88. The maximum atomic E-state index is 10.2. The molecule has 4 heteroatoms. The number of aliphatic hydroxyl groups is 1. The molecule has 1 unspecified atom stereocenters. The Morgan fingerprint density at radius 3 is 2.80 bits per heavy atom. The number of nitrogens with zero attached hydrogens (tertiary/aromatic N) is 2. The molecule has 0 amide bonds. The molecule has 0 aliphatic carbocycles. The van der Waals surface area contributed by atoms with Gasteiger partial charge < -0.3 is 10.8 Å². The topological polar surface area (TPSA) is 64.1 Å². The molecule has 1 atom stereocenters. The molecule has 1 aromatic heterocycles. The second-order valence-corrected chi connectivity index (χ2v) is 3.97. The molecular weight excluding hydrogens is 190 g/mol. The highest BCUT2D eigenvalue weighted by Gasteiger charge is 2.27. The van der Waals surface area contributed by atoms with Crippen LogP contribution in [0.15, 0.2) is 24.3 Å². The summed E-state index contributed by atoms with van der Waals surface area (Å²) in [5.74, 6) is 0. The van der Waals surface area contributed by atoms with Crippen LogP contribution < -0.4 is 5.73 Å². The summed E-state index contributed by atoms with van der Waals surface area (Å²) in [5.41, 5.74) is 6.17. The molecule has 2 aromatic rings. The highest BCUT2D eigenvalue weighted by atomic mass is 16.3. The van der Waals surface area contributed by atoms with Gasteiger partial charge in [0.1, 0.15) is 5.60 Å². The number of rotatable bonds is 2. The Morgan fingerprint density at radius 2 is 2.13 bits per heavy atom. The molecule has 0 aliphatic heterocycles. The third kappa shape index (κ3) is 1.52. The van der Waals surface area contributed by atoms with E-state index in [1.54, 1.807) is 11.6 Å². The Bertz CT molecular complexity index is 488. The van der Waals surface area contributed by atoms with E-state index in [-0.39, 0.29) is 6.54 Å². The van der Waals surface area contributed by atoms with E-state index in [0.29, 0.717) is 0 Å². The summed E-state index contributed by atoms with van der Waals surface area (Å²) >= 11 is 0. The predicted molar refractivity (Wildman–Crippen MR) is 59.3 cm³/mol. The van der Waals surface area contributed by atoms with Gasteiger partial charge in [0.2, 0.25) is 0 Å². The van der Waals surface area contributed by atoms with Crippen LogP contribution in [0.2, 0.25) is 0 Å². The van der Waals surface area contributed by atoms with Crippen molar-refractivity contribution in [3.63, 3.8) is 0 Å². The summed E-state index contributed by atoms with van der Waals surface area (Å²) in [6.45, 7) is 1.88. The molecule has 1 heterocycles. The van der Waals surface area contributed by atoms with Gasteiger partial charge in [0.15, 0.2) is 0 Å². The van der Waals surface area contributed by atoms with Crippen LogP contribution in [0.1, 0.15) is 12.6 Å². The molecule has 0 radical (unpaired) electrons. The summed E-state index contributed by atoms with van der Waals surface area (Å²) in [6.07, 6.45) is 0. The summed E-state index contributed by atoms with van der Waals surface area (Å²) in [6, 6.07) is 7.73. The first-order valence-corrected chi connectivity index (χ1v) is 4.91. The van der Waals surface area contributed by atoms with E-state index < -0.39 is 5.60 Å². The lowest BCUT2D eigenvalue weighted by Crippen LogP contribution is -2.33. The SMILES string of the molecule is Cn1nc2ccccc2c1C(C)(O)CN. The van der Waals surface area contributed by atoms with Crippen molar-refractivity contribution in [1.82, 2.24) is 9.78 Å². The standard InChI is InChI=1S/C11H15N3O/c1-11(15,7-12)10-8-5-3-4-6-9(8)13-14(10)2/h3-6,15H,7,12H2,1-2H3. The lowest BCUT2D eigenvalue weighted by Gasteiger charge is -2.21. The Hall–Kier alpha value is -1.39. The van der Waals surface area contributed by atoms with Crippen LogP contribution >= 0.6 is 0 Å². The van der Waals surface area contributed by atoms with Crippen molar-refractivity contribution < 1.29 is 5.11 Å². The first-order valence-electron chi connectivity index (χ1n) is 4.91. The summed E-state index contributed by atoms with van der Waals surface area (Å²) < 4.78 is 1.69. The van der Waals surface area contributed by atoms with Crippen LogP contribution in [0, 0.1) is 0 Å². The molecule has 0 aliphatic rings. The molecule has 0 saturated carbocycles. The van der Waals surface area contributed by atoms with Crippen LogP contribution in [0.4, 0.5) is 0 Å². The second kappa shape index (κ2) is 3.32. The van der Waals surface area contributed by atoms with Crippen molar-refractivity contribution in [2.45, 2.75) is 12.5 Å². The lowest BCUT2D eigenvalue weighted by molar-refractivity contribution is 0.0596. The van der Waals surface area contributed by atoms with Crippen molar-refractivity contribution in [1.29, 1.82) is 0 Å². The first-order chi connectivity index (χ1) is 7.06. The molecule has 1 aromatic carbocycles. The van der Waals surface area contributed by atoms with E-state index in [4.69, 9.17) is 5.73 Å². The van der Waals surface area contributed by atoms with Crippen molar-refractivity contribution in [2.75, 3.05) is 6.54 Å². The Kier molecular flexibility index (Phi) is 2.25. The van der Waals surface area contributed by atoms with Gasteiger partial charge >= 0.3 is 0 Å². The number of fused-ring (bicyclic) bond motifs is 1. The maximum absolute atomic E-state index is 10.2. The average Bonchev–Trinajstić information content (AvgIpc) is 2.54. The molecule has 80 valence electrons. The molecule has 0 bridgehead atoms. The Morgan fingerprint density at radius 1 is 1.47 bits per heavy atom. The smallest absolute Gasteiger partial charge is 0.116 e. The van der Waals surface area contributed by atoms with Gasteiger partial charge in [-0.3, -0.25) is 4.68 Å². The van der Waals surface area contributed by atoms with Crippen LogP contribution in [0.5, 0.6) is 0 Å². The van der Waals surface area contributed by atoms with Crippen LogP contribution in [-0.2, 0) is 12.6 Å². The summed E-state index contributed by atoms with van der Waals surface area (Å²) in [7, 11) is 1.82. The highest BCUT2D eigenvalue weighted by Crippen LogP contribution is 2.27. The van der Waals surface area contributed by atoms with Crippen LogP contribution in [-0.4, -0.2) is 21.4 Å². The van der Waals surface area contributed by atoms with E-state index in [0.717, 1.165) is 16.6 Å². The van der Waals surface area contributed by atoms with Crippen molar-refractivity contribution in [2.24, 2.45) is 12.8 Å². The molecule has 4 nitrogen and oxygen atoms in total. The zero-order valence-corrected chi connectivity index (χ0v) is 8.94. The third-order valence-electron chi connectivity index (χ3n) is 2.65. The van der Waals surface area contributed by atoms with Crippen molar-refractivity contribution in [3.05, 3.63) is 30.0 Å². The molecule has 15 heavy (non-hydrogen) atoms. The minimum Gasteiger partial charge on any atom is -0.383 e. The number of benzene rings is 1. The van der Waals surface area contributed by atoms with Gasteiger partial charge in [0.25, 0.3) is 0 Å². The second-order valence-electron chi connectivity index (χ2n) is 3.97. The van der Waals surface area contributed by atoms with Crippen molar-refractivity contribution in [3.8, 4) is 0 Å². The van der Waals surface area contributed by atoms with Gasteiger partial charge in [-0.1, -0.05) is 18.2 Å². The number of nitrogens with two attached hydrogens (primary N) is 1. The third-order valence-corrected chi connectivity index (χ3v) is 2.65. The molecule has 0 spiro atoms. The summed E-state index contributed by atoms with van der Waals surface area (Å²) in [5, 5.41) is 15.5. The van der Waals surface area contributed by atoms with E-state index in [1.165, 1.54) is 0 Å². The fourth-order valence-electron chi connectivity index (χ4n) is 1.88. The number of hydrogen-bond donors (Lipinski definition) is 2. The Labute approximate surface area is 88.3 Å². The minimum absolute atomic E-state index is 0.177. The van der Waals surface area contributed by atoms with Gasteiger partial charge in [0, 0.05) is 19.0 Å². The van der Waals surface area contributed by atoms with Gasteiger partial charge in [-0.05, 0) is 13.0 Å². The van der Waals surface area contributed by atoms with E-state index in [9.17, 15) is 5.11 Å². The fraction of sp³-hybridized carbons (Fsp3) is 0.364.